The van der Waals surface area contributed by atoms with E-state index < -0.39 is 17.3 Å². The second kappa shape index (κ2) is 7.83. The Balaban J connectivity index is 1.68. The zero-order chi connectivity index (χ0) is 22.7. The van der Waals surface area contributed by atoms with Crippen LogP contribution >= 0.6 is 23.4 Å². The number of carbonyl (C=O) groups is 1. The van der Waals surface area contributed by atoms with Gasteiger partial charge in [0.05, 0.1) is 13.2 Å². The number of thioether (sulfide) groups is 1. The molecule has 33 heavy (non-hydrogen) atoms. The molecule has 4 heterocycles. The monoisotopic (exact) mass is 481 g/mol. The molecule has 3 aliphatic rings. The van der Waals surface area contributed by atoms with Gasteiger partial charge in [-0.3, -0.25) is 19.3 Å². The zero-order valence-electron chi connectivity index (χ0n) is 17.5. The molecule has 0 spiro atoms. The average Bonchev–Trinajstić information content (AvgIpc) is 3.00. The third-order valence-corrected chi connectivity index (χ3v) is 7.92. The third kappa shape index (κ3) is 3.08. The van der Waals surface area contributed by atoms with Gasteiger partial charge in [-0.15, -0.1) is 11.8 Å². The van der Waals surface area contributed by atoms with Crippen molar-refractivity contribution in [2.45, 2.75) is 22.9 Å². The quantitative estimate of drug-likeness (QED) is 0.574. The molecule has 1 aromatic heterocycles. The van der Waals surface area contributed by atoms with Gasteiger partial charge in [-0.05, 0) is 23.3 Å². The number of nitrogens with zero attached hydrogens (tertiary/aromatic N) is 3. The van der Waals surface area contributed by atoms with Crippen molar-refractivity contribution in [3.63, 3.8) is 0 Å². The summed E-state index contributed by atoms with van der Waals surface area (Å²) in [6.45, 7) is 1.05. The van der Waals surface area contributed by atoms with Crippen molar-refractivity contribution in [3.8, 4) is 5.75 Å². The van der Waals surface area contributed by atoms with Gasteiger partial charge < -0.3 is 14.7 Å². The Hall–Kier alpha value is -2.94. The lowest BCUT2D eigenvalue weighted by atomic mass is 9.93. The fourth-order valence-corrected chi connectivity index (χ4v) is 6.35. The minimum absolute atomic E-state index is 0.0383. The van der Waals surface area contributed by atoms with E-state index in [1.54, 1.807) is 27.5 Å². The molecule has 0 aliphatic carbocycles. The van der Waals surface area contributed by atoms with Crippen molar-refractivity contribution in [2.75, 3.05) is 24.8 Å². The van der Waals surface area contributed by atoms with Gasteiger partial charge in [-0.25, -0.2) is 0 Å². The summed E-state index contributed by atoms with van der Waals surface area (Å²) in [4.78, 5) is 28.4. The number of aromatic hydroxyl groups is 1. The number of carbonyl (C=O) groups excluding carboxylic acids is 1. The maximum Gasteiger partial charge on any atom is 0.278 e. The Kier molecular flexibility index (Phi) is 4.90. The molecule has 168 valence electrons. The Morgan fingerprint density at radius 1 is 1.09 bits per heavy atom. The van der Waals surface area contributed by atoms with Gasteiger partial charge in [0.15, 0.2) is 11.4 Å². The molecule has 0 radical (unpaired) electrons. The number of halogens is 1. The lowest BCUT2D eigenvalue weighted by Crippen LogP contribution is -2.66. The van der Waals surface area contributed by atoms with Crippen molar-refractivity contribution in [1.29, 1.82) is 0 Å². The highest BCUT2D eigenvalue weighted by Gasteiger charge is 2.46. The Bertz CT molecular complexity index is 1340. The topological polar surface area (TPSA) is 75.0 Å². The first-order valence-corrected chi connectivity index (χ1v) is 12.0. The number of fused-ring (bicyclic) bond motifs is 4. The van der Waals surface area contributed by atoms with Crippen LogP contribution in [-0.4, -0.2) is 46.5 Å². The SMILES string of the molecule is O=C1c2c(O)c(=O)ccn2N(C2c3ccccc3SCc3cccc(Cl)c32)[C@H]2COCCN12. The van der Waals surface area contributed by atoms with E-state index in [-0.39, 0.29) is 17.6 Å². The van der Waals surface area contributed by atoms with Gasteiger partial charge >= 0.3 is 0 Å². The summed E-state index contributed by atoms with van der Waals surface area (Å²) in [5.41, 5.74) is 2.46. The number of rotatable bonds is 1. The van der Waals surface area contributed by atoms with Crippen LogP contribution < -0.4 is 10.4 Å². The van der Waals surface area contributed by atoms with Gasteiger partial charge in [0.2, 0.25) is 5.43 Å². The van der Waals surface area contributed by atoms with E-state index in [9.17, 15) is 14.7 Å². The van der Waals surface area contributed by atoms with Gasteiger partial charge in [-0.2, -0.15) is 0 Å². The first kappa shape index (κ1) is 20.7. The van der Waals surface area contributed by atoms with E-state index in [1.807, 2.05) is 29.3 Å². The number of morpholine rings is 1. The van der Waals surface area contributed by atoms with E-state index in [1.165, 1.54) is 6.07 Å². The maximum atomic E-state index is 13.4. The van der Waals surface area contributed by atoms with Crippen LogP contribution in [-0.2, 0) is 10.5 Å². The minimum Gasteiger partial charge on any atom is -0.502 e. The lowest BCUT2D eigenvalue weighted by Gasteiger charge is -2.51. The van der Waals surface area contributed by atoms with Crippen molar-refractivity contribution in [1.82, 2.24) is 9.58 Å². The molecule has 1 fully saturated rings. The van der Waals surface area contributed by atoms with E-state index in [0.29, 0.717) is 24.8 Å². The highest BCUT2D eigenvalue weighted by atomic mass is 35.5. The van der Waals surface area contributed by atoms with Gasteiger partial charge in [0.25, 0.3) is 5.91 Å². The van der Waals surface area contributed by atoms with Crippen LogP contribution in [0.2, 0.25) is 5.02 Å². The highest BCUT2D eigenvalue weighted by Crippen LogP contribution is 2.46. The largest absolute Gasteiger partial charge is 0.502 e. The van der Waals surface area contributed by atoms with Crippen molar-refractivity contribution in [3.05, 3.63) is 92.4 Å². The summed E-state index contributed by atoms with van der Waals surface area (Å²) in [6.07, 6.45) is 1.12. The fraction of sp³-hybridized carbons (Fsp3) is 0.250. The summed E-state index contributed by atoms with van der Waals surface area (Å²) in [5, 5.41) is 13.3. The molecule has 0 saturated carbocycles. The predicted molar refractivity (Wildman–Crippen MR) is 126 cm³/mol. The molecule has 3 aromatic rings. The Morgan fingerprint density at radius 2 is 1.94 bits per heavy atom. The van der Waals surface area contributed by atoms with Gasteiger partial charge in [0.1, 0.15) is 12.2 Å². The third-order valence-electron chi connectivity index (χ3n) is 6.45. The summed E-state index contributed by atoms with van der Waals surface area (Å²) >= 11 is 8.57. The fourth-order valence-electron chi connectivity index (χ4n) is 4.97. The molecule has 2 atom stereocenters. The van der Waals surface area contributed by atoms with Crippen molar-refractivity contribution < 1.29 is 14.6 Å². The molecule has 1 N–H and O–H groups in total. The minimum atomic E-state index is -0.587. The van der Waals surface area contributed by atoms with Crippen molar-refractivity contribution >= 4 is 29.3 Å². The predicted octanol–water partition coefficient (Wildman–Crippen LogP) is 3.35. The first-order valence-electron chi connectivity index (χ1n) is 10.7. The van der Waals surface area contributed by atoms with Gasteiger partial charge in [0, 0.05) is 40.0 Å². The zero-order valence-corrected chi connectivity index (χ0v) is 19.1. The summed E-state index contributed by atoms with van der Waals surface area (Å²) in [5.74, 6) is -0.179. The average molecular weight is 482 g/mol. The number of benzene rings is 2. The number of pyridine rings is 1. The van der Waals surface area contributed by atoms with E-state index in [2.05, 4.69) is 18.2 Å². The van der Waals surface area contributed by atoms with Crippen LogP contribution in [0.3, 0.4) is 0 Å². The number of amides is 1. The smallest absolute Gasteiger partial charge is 0.278 e. The van der Waals surface area contributed by atoms with Crippen LogP contribution in [0.4, 0.5) is 0 Å². The molecule has 7 nitrogen and oxygen atoms in total. The van der Waals surface area contributed by atoms with Crippen LogP contribution in [0.15, 0.2) is 64.4 Å². The molecular weight excluding hydrogens is 462 g/mol. The molecule has 1 amide bonds. The summed E-state index contributed by atoms with van der Waals surface area (Å²) < 4.78 is 7.41. The van der Waals surface area contributed by atoms with Crippen LogP contribution in [0, 0.1) is 0 Å². The first-order chi connectivity index (χ1) is 16.1. The van der Waals surface area contributed by atoms with Crippen molar-refractivity contribution in [2.24, 2.45) is 0 Å². The molecule has 1 unspecified atom stereocenters. The molecule has 2 aromatic carbocycles. The van der Waals surface area contributed by atoms with E-state index in [0.717, 1.165) is 27.3 Å². The molecule has 9 heteroatoms. The Labute approximate surface area is 199 Å². The summed E-state index contributed by atoms with van der Waals surface area (Å²) in [6, 6.07) is 14.9. The standard InChI is InChI=1S/C24H20ClN3O4S/c25-16-6-3-4-14-13-33-18-7-2-1-5-15(18)21(20(14)16)28-19-12-32-11-10-26(19)24(31)22-23(30)17(29)8-9-27(22)28/h1-9,19,21,30H,10-13H2/t19-,21?/m0/s1. The number of ether oxygens (including phenoxy) is 1. The summed E-state index contributed by atoms with van der Waals surface area (Å²) in [7, 11) is 0. The maximum absolute atomic E-state index is 13.4. The normalized spacial score (nSPS) is 21.5. The highest BCUT2D eigenvalue weighted by molar-refractivity contribution is 7.98. The second-order valence-corrected chi connectivity index (χ2v) is 9.62. The van der Waals surface area contributed by atoms with Crippen LogP contribution in [0.5, 0.6) is 5.75 Å². The number of hydrogen-bond acceptors (Lipinski definition) is 6. The van der Waals surface area contributed by atoms with Crippen LogP contribution in [0.25, 0.3) is 0 Å². The number of hydrogen-bond donors (Lipinski definition) is 1. The van der Waals surface area contributed by atoms with Crippen LogP contribution in [0.1, 0.15) is 33.2 Å². The molecule has 0 bridgehead atoms. The number of aromatic nitrogens is 1. The molecule has 1 saturated heterocycles. The van der Waals surface area contributed by atoms with E-state index in [4.69, 9.17) is 16.3 Å². The van der Waals surface area contributed by atoms with E-state index >= 15 is 0 Å². The Morgan fingerprint density at radius 3 is 2.82 bits per heavy atom. The molecule has 3 aliphatic heterocycles. The lowest BCUT2D eigenvalue weighted by molar-refractivity contribution is -0.0197. The molecule has 6 rings (SSSR count). The van der Waals surface area contributed by atoms with Gasteiger partial charge in [-0.1, -0.05) is 41.9 Å². The molecular formula is C24H20ClN3O4S. The second-order valence-electron chi connectivity index (χ2n) is 8.20.